The van der Waals surface area contributed by atoms with Crippen LogP contribution in [0.5, 0.6) is 0 Å². The van der Waals surface area contributed by atoms with E-state index in [1.54, 1.807) is 0 Å². The van der Waals surface area contributed by atoms with Gasteiger partial charge in [0, 0.05) is 16.3 Å². The molecule has 1 aliphatic heterocycles. The molecule has 2 rings (SSSR count). The third kappa shape index (κ3) is 3.05. The molecular weight excluding hydrogens is 272 g/mol. The lowest BCUT2D eigenvalue weighted by Crippen LogP contribution is -2.14. The third-order valence-corrected chi connectivity index (χ3v) is 4.45. The normalized spacial score (nSPS) is 20.5. The van der Waals surface area contributed by atoms with Gasteiger partial charge in [0.2, 0.25) is 0 Å². The van der Waals surface area contributed by atoms with Gasteiger partial charge in [0.15, 0.2) is 0 Å². The molecule has 0 bridgehead atoms. The van der Waals surface area contributed by atoms with Crippen LogP contribution in [0.1, 0.15) is 12.8 Å². The molecule has 0 aromatic heterocycles. The fourth-order valence-electron chi connectivity index (χ4n) is 1.72. The van der Waals surface area contributed by atoms with Crippen molar-refractivity contribution >= 4 is 39.1 Å². The number of nitrogens with two attached hydrogens (primary N) is 1. The predicted octanol–water partition coefficient (Wildman–Crippen LogP) is 3.34. The van der Waals surface area contributed by atoms with Crippen LogP contribution < -0.4 is 11.1 Å². The van der Waals surface area contributed by atoms with Crippen LogP contribution in [-0.2, 0) is 0 Å². The highest BCUT2D eigenvalue weighted by atomic mass is 79.9. The monoisotopic (exact) mass is 286 g/mol. The van der Waals surface area contributed by atoms with E-state index in [0.29, 0.717) is 0 Å². The molecule has 1 heterocycles. The molecule has 0 radical (unpaired) electrons. The zero-order valence-corrected chi connectivity index (χ0v) is 10.9. The molecule has 2 nitrogen and oxygen atoms in total. The summed E-state index contributed by atoms with van der Waals surface area (Å²) in [6.45, 7) is 1.02. The van der Waals surface area contributed by atoms with Crippen molar-refractivity contribution in [2.45, 2.75) is 18.1 Å². The van der Waals surface area contributed by atoms with Crippen molar-refractivity contribution in [3.05, 3.63) is 22.7 Å². The van der Waals surface area contributed by atoms with Crippen molar-refractivity contribution < 1.29 is 0 Å². The van der Waals surface area contributed by atoms with Crippen LogP contribution >= 0.6 is 27.7 Å². The maximum Gasteiger partial charge on any atom is 0.0575 e. The number of nitrogen functional groups attached to an aromatic ring is 1. The number of rotatable bonds is 3. The number of benzene rings is 1. The Morgan fingerprint density at radius 2 is 2.40 bits per heavy atom. The standard InChI is InChI=1S/C11H15BrN2S/c12-8-3-4-11(10(13)6-8)14-7-9-2-1-5-15-9/h3-4,6,9,14H,1-2,5,7,13H2. The summed E-state index contributed by atoms with van der Waals surface area (Å²) in [5.74, 6) is 1.31. The molecular formula is C11H15BrN2S. The number of hydrogen-bond acceptors (Lipinski definition) is 3. The highest BCUT2D eigenvalue weighted by molar-refractivity contribution is 9.10. The van der Waals surface area contributed by atoms with Crippen LogP contribution in [0.15, 0.2) is 22.7 Å². The molecule has 4 heteroatoms. The minimum Gasteiger partial charge on any atom is -0.397 e. The summed E-state index contributed by atoms with van der Waals surface area (Å²) in [4.78, 5) is 0. The Labute approximate surface area is 103 Å². The molecule has 1 saturated heterocycles. The zero-order chi connectivity index (χ0) is 10.7. The molecule has 1 atom stereocenters. The molecule has 1 unspecified atom stereocenters. The summed E-state index contributed by atoms with van der Waals surface area (Å²) in [5, 5.41) is 4.17. The summed E-state index contributed by atoms with van der Waals surface area (Å²) >= 11 is 5.46. The van der Waals surface area contributed by atoms with Crippen LogP contribution in [0.2, 0.25) is 0 Å². The van der Waals surface area contributed by atoms with Crippen molar-refractivity contribution in [3.8, 4) is 0 Å². The summed E-state index contributed by atoms with van der Waals surface area (Å²) in [6.07, 6.45) is 2.68. The Hall–Kier alpha value is -0.350. The maximum atomic E-state index is 5.91. The first-order chi connectivity index (χ1) is 7.25. The molecule has 0 aliphatic carbocycles. The maximum absolute atomic E-state index is 5.91. The molecule has 82 valence electrons. The summed E-state index contributed by atoms with van der Waals surface area (Å²) in [5.41, 5.74) is 7.77. The van der Waals surface area contributed by atoms with Crippen molar-refractivity contribution in [1.29, 1.82) is 0 Å². The minimum absolute atomic E-state index is 0.757. The smallest absolute Gasteiger partial charge is 0.0575 e. The Balaban J connectivity index is 1.92. The SMILES string of the molecule is Nc1cc(Br)ccc1NCC1CCCS1. The fourth-order valence-corrected chi connectivity index (χ4v) is 3.30. The molecule has 1 fully saturated rings. The van der Waals surface area contributed by atoms with Crippen molar-refractivity contribution in [1.82, 2.24) is 0 Å². The van der Waals surface area contributed by atoms with Crippen LogP contribution in [0, 0.1) is 0 Å². The van der Waals surface area contributed by atoms with Crippen molar-refractivity contribution in [2.75, 3.05) is 23.3 Å². The molecule has 1 aromatic rings. The van der Waals surface area contributed by atoms with Crippen LogP contribution in [0.4, 0.5) is 11.4 Å². The van der Waals surface area contributed by atoms with E-state index in [1.165, 1.54) is 18.6 Å². The summed E-state index contributed by atoms with van der Waals surface area (Å²) in [6, 6.07) is 5.98. The van der Waals surface area contributed by atoms with Crippen LogP contribution in [-0.4, -0.2) is 17.5 Å². The van der Waals surface area contributed by atoms with Crippen LogP contribution in [0.3, 0.4) is 0 Å². The van der Waals surface area contributed by atoms with Gasteiger partial charge in [-0.25, -0.2) is 0 Å². The van der Waals surface area contributed by atoms with E-state index >= 15 is 0 Å². The molecule has 3 N–H and O–H groups in total. The zero-order valence-electron chi connectivity index (χ0n) is 8.50. The second-order valence-electron chi connectivity index (χ2n) is 3.75. The fraction of sp³-hybridized carbons (Fsp3) is 0.455. The van der Waals surface area contributed by atoms with Gasteiger partial charge < -0.3 is 11.1 Å². The Morgan fingerprint density at radius 1 is 1.53 bits per heavy atom. The first kappa shape index (κ1) is 11.1. The van der Waals surface area contributed by atoms with Gasteiger partial charge in [-0.3, -0.25) is 0 Å². The molecule has 0 amide bonds. The van der Waals surface area contributed by atoms with E-state index in [2.05, 4.69) is 33.0 Å². The first-order valence-electron chi connectivity index (χ1n) is 5.16. The van der Waals surface area contributed by atoms with Crippen molar-refractivity contribution in [2.24, 2.45) is 0 Å². The van der Waals surface area contributed by atoms with E-state index < -0.39 is 0 Å². The Kier molecular flexibility index (Phi) is 3.81. The summed E-state index contributed by atoms with van der Waals surface area (Å²) < 4.78 is 1.03. The first-order valence-corrected chi connectivity index (χ1v) is 7.00. The van der Waals surface area contributed by atoms with Gasteiger partial charge in [0.25, 0.3) is 0 Å². The van der Waals surface area contributed by atoms with Gasteiger partial charge in [-0.05, 0) is 36.8 Å². The molecule has 1 aromatic carbocycles. The molecule has 15 heavy (non-hydrogen) atoms. The average Bonchev–Trinajstić information content (AvgIpc) is 2.69. The second-order valence-corrected chi connectivity index (χ2v) is 6.07. The van der Waals surface area contributed by atoms with Gasteiger partial charge in [-0.2, -0.15) is 11.8 Å². The van der Waals surface area contributed by atoms with E-state index in [0.717, 1.165) is 27.6 Å². The van der Waals surface area contributed by atoms with Gasteiger partial charge in [-0.15, -0.1) is 0 Å². The van der Waals surface area contributed by atoms with Crippen molar-refractivity contribution in [3.63, 3.8) is 0 Å². The third-order valence-electron chi connectivity index (χ3n) is 2.56. The van der Waals surface area contributed by atoms with Gasteiger partial charge >= 0.3 is 0 Å². The lowest BCUT2D eigenvalue weighted by molar-refractivity contribution is 0.805. The summed E-state index contributed by atoms with van der Waals surface area (Å²) in [7, 11) is 0. The molecule has 1 aliphatic rings. The molecule has 0 spiro atoms. The Bertz CT molecular complexity index is 337. The lowest BCUT2D eigenvalue weighted by atomic mass is 10.2. The number of anilines is 2. The predicted molar refractivity (Wildman–Crippen MR) is 72.5 cm³/mol. The van der Waals surface area contributed by atoms with E-state index in [-0.39, 0.29) is 0 Å². The highest BCUT2D eigenvalue weighted by Crippen LogP contribution is 2.28. The number of thioether (sulfide) groups is 1. The van der Waals surface area contributed by atoms with Gasteiger partial charge in [0.05, 0.1) is 11.4 Å². The quantitative estimate of drug-likeness (QED) is 0.837. The minimum atomic E-state index is 0.757. The number of halogens is 1. The number of hydrogen-bond donors (Lipinski definition) is 2. The largest absolute Gasteiger partial charge is 0.397 e. The topological polar surface area (TPSA) is 38.0 Å². The van der Waals surface area contributed by atoms with Gasteiger partial charge in [0.1, 0.15) is 0 Å². The van der Waals surface area contributed by atoms with E-state index in [4.69, 9.17) is 5.73 Å². The lowest BCUT2D eigenvalue weighted by Gasteiger charge is -2.13. The highest BCUT2D eigenvalue weighted by Gasteiger charge is 2.15. The number of nitrogens with one attached hydrogen (secondary N) is 1. The van der Waals surface area contributed by atoms with Gasteiger partial charge in [-0.1, -0.05) is 15.9 Å². The Morgan fingerprint density at radius 3 is 3.07 bits per heavy atom. The molecule has 0 saturated carbocycles. The second kappa shape index (κ2) is 5.12. The van der Waals surface area contributed by atoms with E-state index in [1.807, 2.05) is 18.2 Å². The van der Waals surface area contributed by atoms with E-state index in [9.17, 15) is 0 Å². The van der Waals surface area contributed by atoms with Crippen LogP contribution in [0.25, 0.3) is 0 Å². The average molecular weight is 287 g/mol.